The molecular weight excluding hydrogens is 171 g/mol. The largest absolute Gasteiger partial charge is 0.366 e. The van der Waals surface area contributed by atoms with E-state index in [4.69, 9.17) is 5.73 Å². The van der Waals surface area contributed by atoms with Gasteiger partial charge in [0, 0.05) is 11.6 Å². The average Bonchev–Trinajstić information content (AvgIpc) is 2.49. The molecule has 0 atom stereocenters. The van der Waals surface area contributed by atoms with Gasteiger partial charge in [-0.25, -0.2) is 4.39 Å². The minimum Gasteiger partial charge on any atom is -0.366 e. The third-order valence-corrected chi connectivity index (χ3v) is 1.89. The highest BCUT2D eigenvalue weighted by molar-refractivity contribution is 6.04. The van der Waals surface area contributed by atoms with Gasteiger partial charge in [-0.05, 0) is 18.2 Å². The molecule has 66 valence electrons. The van der Waals surface area contributed by atoms with E-state index in [2.05, 4.69) is 4.98 Å². The Morgan fingerprint density at radius 1 is 1.46 bits per heavy atom. The highest BCUT2D eigenvalue weighted by Gasteiger charge is 2.09. The molecule has 0 radical (unpaired) electrons. The fourth-order valence-corrected chi connectivity index (χ4v) is 1.33. The Bertz CT molecular complexity index is 475. The first-order valence-corrected chi connectivity index (χ1v) is 3.75. The predicted octanol–water partition coefficient (Wildman–Crippen LogP) is 1.41. The van der Waals surface area contributed by atoms with Crippen molar-refractivity contribution in [3.05, 3.63) is 35.8 Å². The lowest BCUT2D eigenvalue weighted by Gasteiger charge is -1.98. The summed E-state index contributed by atoms with van der Waals surface area (Å²) in [6.45, 7) is 0. The molecular formula is C9H7FN2O. The van der Waals surface area contributed by atoms with E-state index in [0.29, 0.717) is 10.9 Å². The molecule has 1 amide bonds. The van der Waals surface area contributed by atoms with Gasteiger partial charge in [0.2, 0.25) is 0 Å². The summed E-state index contributed by atoms with van der Waals surface area (Å²) in [7, 11) is 0. The van der Waals surface area contributed by atoms with Crippen LogP contribution in [0.4, 0.5) is 4.39 Å². The van der Waals surface area contributed by atoms with Gasteiger partial charge in [0.1, 0.15) is 5.82 Å². The molecule has 0 spiro atoms. The molecule has 13 heavy (non-hydrogen) atoms. The fourth-order valence-electron chi connectivity index (χ4n) is 1.33. The zero-order chi connectivity index (χ0) is 9.42. The van der Waals surface area contributed by atoms with E-state index < -0.39 is 11.7 Å². The summed E-state index contributed by atoms with van der Waals surface area (Å²) in [5.41, 5.74) is 5.84. The topological polar surface area (TPSA) is 58.9 Å². The van der Waals surface area contributed by atoms with Crippen LogP contribution in [0.3, 0.4) is 0 Å². The van der Waals surface area contributed by atoms with Crippen LogP contribution in [0.25, 0.3) is 10.9 Å². The number of nitrogens with two attached hydrogens (primary N) is 1. The van der Waals surface area contributed by atoms with Gasteiger partial charge in [-0.3, -0.25) is 4.79 Å². The van der Waals surface area contributed by atoms with Crippen molar-refractivity contribution in [2.75, 3.05) is 0 Å². The van der Waals surface area contributed by atoms with Crippen LogP contribution >= 0.6 is 0 Å². The standard InChI is InChI=1S/C9H7FN2O/c10-6-3-5-1-2-12-8(5)7(4-6)9(11)13/h1-4,12H,(H2,11,13). The number of hydrogen-bond donors (Lipinski definition) is 2. The monoisotopic (exact) mass is 178 g/mol. The molecule has 0 aliphatic heterocycles. The van der Waals surface area contributed by atoms with Crippen LogP contribution in [0.1, 0.15) is 10.4 Å². The predicted molar refractivity (Wildman–Crippen MR) is 46.8 cm³/mol. The molecule has 3 N–H and O–H groups in total. The lowest BCUT2D eigenvalue weighted by molar-refractivity contribution is 0.100. The maximum Gasteiger partial charge on any atom is 0.250 e. The molecule has 4 heteroatoms. The van der Waals surface area contributed by atoms with Gasteiger partial charge in [0.05, 0.1) is 11.1 Å². The molecule has 0 unspecified atom stereocenters. The number of fused-ring (bicyclic) bond motifs is 1. The van der Waals surface area contributed by atoms with Crippen molar-refractivity contribution >= 4 is 16.8 Å². The van der Waals surface area contributed by atoms with Crippen LogP contribution in [-0.2, 0) is 0 Å². The second kappa shape index (κ2) is 2.58. The minimum atomic E-state index is -0.632. The fraction of sp³-hybridized carbons (Fsp3) is 0. The summed E-state index contributed by atoms with van der Waals surface area (Å²) in [5, 5.41) is 0.647. The van der Waals surface area contributed by atoms with Gasteiger partial charge in [-0.1, -0.05) is 0 Å². The van der Waals surface area contributed by atoms with Crippen LogP contribution < -0.4 is 5.73 Å². The lowest BCUT2D eigenvalue weighted by atomic mass is 10.1. The van der Waals surface area contributed by atoms with E-state index in [1.165, 1.54) is 6.07 Å². The third kappa shape index (κ3) is 1.16. The molecule has 1 aromatic carbocycles. The van der Waals surface area contributed by atoms with Crippen LogP contribution in [0.15, 0.2) is 24.4 Å². The van der Waals surface area contributed by atoms with Gasteiger partial charge < -0.3 is 10.7 Å². The van der Waals surface area contributed by atoms with Crippen LogP contribution in [0.5, 0.6) is 0 Å². The number of rotatable bonds is 1. The first kappa shape index (κ1) is 7.79. The van der Waals surface area contributed by atoms with E-state index in [1.807, 2.05) is 0 Å². The number of halogens is 1. The molecule has 0 saturated carbocycles. The van der Waals surface area contributed by atoms with Gasteiger partial charge in [0.15, 0.2) is 0 Å². The highest BCUT2D eigenvalue weighted by Crippen LogP contribution is 2.18. The second-order valence-electron chi connectivity index (χ2n) is 2.76. The Morgan fingerprint density at radius 2 is 2.23 bits per heavy atom. The van der Waals surface area contributed by atoms with Gasteiger partial charge in [-0.15, -0.1) is 0 Å². The number of H-pyrrole nitrogens is 1. The molecule has 2 aromatic rings. The van der Waals surface area contributed by atoms with Crippen LogP contribution in [0, 0.1) is 5.82 Å². The Labute approximate surface area is 73.4 Å². The van der Waals surface area contributed by atoms with Gasteiger partial charge in [-0.2, -0.15) is 0 Å². The SMILES string of the molecule is NC(=O)c1cc(F)cc2cc[nH]c12. The number of aromatic nitrogens is 1. The van der Waals surface area contributed by atoms with Crippen LogP contribution in [0.2, 0.25) is 0 Å². The quantitative estimate of drug-likeness (QED) is 0.681. The summed E-state index contributed by atoms with van der Waals surface area (Å²) in [4.78, 5) is 13.7. The highest BCUT2D eigenvalue weighted by atomic mass is 19.1. The molecule has 0 saturated heterocycles. The number of hydrogen-bond acceptors (Lipinski definition) is 1. The van der Waals surface area contributed by atoms with Crippen molar-refractivity contribution in [1.29, 1.82) is 0 Å². The molecule has 0 aliphatic rings. The molecule has 0 bridgehead atoms. The van der Waals surface area contributed by atoms with E-state index in [1.54, 1.807) is 12.3 Å². The zero-order valence-electron chi connectivity index (χ0n) is 6.67. The smallest absolute Gasteiger partial charge is 0.250 e. The van der Waals surface area contributed by atoms with E-state index in [0.717, 1.165) is 6.07 Å². The number of amides is 1. The maximum atomic E-state index is 12.9. The summed E-state index contributed by atoms with van der Waals surface area (Å²) in [6, 6.07) is 4.16. The summed E-state index contributed by atoms with van der Waals surface area (Å²) < 4.78 is 12.9. The Kier molecular flexibility index (Phi) is 1.55. The Morgan fingerprint density at radius 3 is 2.92 bits per heavy atom. The second-order valence-corrected chi connectivity index (χ2v) is 2.76. The van der Waals surface area contributed by atoms with Crippen molar-refractivity contribution in [1.82, 2.24) is 4.98 Å². The van der Waals surface area contributed by atoms with Gasteiger partial charge in [0.25, 0.3) is 5.91 Å². The number of primary amides is 1. The number of carbonyl (C=O) groups is 1. The number of aromatic amines is 1. The molecule has 2 rings (SSSR count). The normalized spacial score (nSPS) is 10.5. The van der Waals surface area contributed by atoms with Crippen molar-refractivity contribution in [3.8, 4) is 0 Å². The van der Waals surface area contributed by atoms with Gasteiger partial charge >= 0.3 is 0 Å². The number of benzene rings is 1. The average molecular weight is 178 g/mol. The Balaban J connectivity index is 2.84. The van der Waals surface area contributed by atoms with E-state index in [9.17, 15) is 9.18 Å². The minimum absolute atomic E-state index is 0.181. The van der Waals surface area contributed by atoms with Crippen LogP contribution in [-0.4, -0.2) is 10.9 Å². The summed E-state index contributed by atoms with van der Waals surface area (Å²) >= 11 is 0. The number of nitrogens with one attached hydrogen (secondary N) is 1. The molecule has 0 aliphatic carbocycles. The maximum absolute atomic E-state index is 12.9. The molecule has 1 heterocycles. The molecule has 3 nitrogen and oxygen atoms in total. The van der Waals surface area contributed by atoms with E-state index in [-0.39, 0.29) is 5.56 Å². The zero-order valence-corrected chi connectivity index (χ0v) is 6.67. The summed E-state index contributed by atoms with van der Waals surface area (Å²) in [5.74, 6) is -1.09. The van der Waals surface area contributed by atoms with Crippen molar-refractivity contribution < 1.29 is 9.18 Å². The first-order valence-electron chi connectivity index (χ1n) is 3.75. The summed E-state index contributed by atoms with van der Waals surface area (Å²) in [6.07, 6.45) is 1.64. The lowest BCUT2D eigenvalue weighted by Crippen LogP contribution is -2.11. The Hall–Kier alpha value is -1.84. The van der Waals surface area contributed by atoms with E-state index >= 15 is 0 Å². The van der Waals surface area contributed by atoms with Crippen molar-refractivity contribution in [2.45, 2.75) is 0 Å². The van der Waals surface area contributed by atoms with Crippen molar-refractivity contribution in [3.63, 3.8) is 0 Å². The van der Waals surface area contributed by atoms with Crippen molar-refractivity contribution in [2.24, 2.45) is 5.73 Å². The number of carbonyl (C=O) groups excluding carboxylic acids is 1. The third-order valence-electron chi connectivity index (χ3n) is 1.89. The first-order chi connectivity index (χ1) is 6.18. The molecule has 0 fully saturated rings. The molecule has 1 aromatic heterocycles.